The van der Waals surface area contributed by atoms with E-state index in [1.165, 1.54) is 30.4 Å². The van der Waals surface area contributed by atoms with Gasteiger partial charge in [-0.15, -0.1) is 11.6 Å². The van der Waals surface area contributed by atoms with Crippen molar-refractivity contribution in [2.75, 3.05) is 0 Å². The summed E-state index contributed by atoms with van der Waals surface area (Å²) in [5.74, 6) is 1.54. The molecule has 1 saturated carbocycles. The Kier molecular flexibility index (Phi) is 3.91. The van der Waals surface area contributed by atoms with Crippen molar-refractivity contribution in [3.63, 3.8) is 0 Å². The third-order valence-electron chi connectivity index (χ3n) is 3.91. The van der Waals surface area contributed by atoms with Crippen LogP contribution in [-0.4, -0.2) is 5.38 Å². The summed E-state index contributed by atoms with van der Waals surface area (Å²) in [6.45, 7) is 4.49. The van der Waals surface area contributed by atoms with Crippen LogP contribution < -0.4 is 0 Å². The molecule has 1 aromatic carbocycles. The normalized spacial score (nSPS) is 26.9. The highest BCUT2D eigenvalue weighted by Crippen LogP contribution is 2.37. The third-order valence-corrected chi connectivity index (χ3v) is 4.38. The number of alkyl halides is 1. The van der Waals surface area contributed by atoms with Gasteiger partial charge in [0.05, 0.1) is 0 Å². The predicted molar refractivity (Wildman–Crippen MR) is 71.0 cm³/mol. The molecule has 88 valence electrons. The number of hydrogen-bond donors (Lipinski definition) is 0. The summed E-state index contributed by atoms with van der Waals surface area (Å²) in [4.78, 5) is 0. The van der Waals surface area contributed by atoms with Crippen LogP contribution in [-0.2, 0) is 6.42 Å². The predicted octanol–water partition coefficient (Wildman–Crippen LogP) is 4.58. The van der Waals surface area contributed by atoms with Gasteiger partial charge in [0.2, 0.25) is 0 Å². The standard InChI is InChI=1S/C15H21Cl/c1-11-5-3-7-13(9-11)10-15(16)14-8-4-6-12(14)2/h3,5,7,9,12,14-15H,4,6,8,10H2,1-2H3. The van der Waals surface area contributed by atoms with Crippen LogP contribution in [0.3, 0.4) is 0 Å². The van der Waals surface area contributed by atoms with E-state index < -0.39 is 0 Å². The molecule has 1 aromatic rings. The van der Waals surface area contributed by atoms with Crippen LogP contribution in [0, 0.1) is 18.8 Å². The highest BCUT2D eigenvalue weighted by atomic mass is 35.5. The molecule has 3 atom stereocenters. The topological polar surface area (TPSA) is 0 Å². The van der Waals surface area contributed by atoms with E-state index in [1.54, 1.807) is 0 Å². The third kappa shape index (κ3) is 2.79. The number of aryl methyl sites for hydroxylation is 1. The summed E-state index contributed by atoms with van der Waals surface area (Å²) in [5, 5.41) is 0.319. The lowest BCUT2D eigenvalue weighted by Gasteiger charge is -2.21. The van der Waals surface area contributed by atoms with Crippen molar-refractivity contribution in [2.24, 2.45) is 11.8 Å². The smallest absolute Gasteiger partial charge is 0.0407 e. The molecule has 1 aliphatic rings. The minimum Gasteiger partial charge on any atom is -0.122 e. The van der Waals surface area contributed by atoms with Gasteiger partial charge in [-0.05, 0) is 37.2 Å². The zero-order valence-electron chi connectivity index (χ0n) is 10.2. The van der Waals surface area contributed by atoms with Crippen LogP contribution in [0.4, 0.5) is 0 Å². The van der Waals surface area contributed by atoms with Crippen molar-refractivity contribution in [2.45, 2.75) is 44.9 Å². The van der Waals surface area contributed by atoms with E-state index in [0.29, 0.717) is 5.38 Å². The van der Waals surface area contributed by atoms with Crippen LogP contribution in [0.2, 0.25) is 0 Å². The van der Waals surface area contributed by atoms with Gasteiger partial charge in [0.15, 0.2) is 0 Å². The summed E-state index contributed by atoms with van der Waals surface area (Å²) < 4.78 is 0. The molecule has 3 unspecified atom stereocenters. The van der Waals surface area contributed by atoms with E-state index >= 15 is 0 Å². The SMILES string of the molecule is Cc1cccc(CC(Cl)C2CCCC2C)c1. The largest absolute Gasteiger partial charge is 0.122 e. The van der Waals surface area contributed by atoms with Crippen molar-refractivity contribution in [3.05, 3.63) is 35.4 Å². The average Bonchev–Trinajstić information content (AvgIpc) is 2.64. The first-order valence-corrected chi connectivity index (χ1v) is 6.80. The van der Waals surface area contributed by atoms with Gasteiger partial charge in [0.1, 0.15) is 0 Å². The molecule has 0 aromatic heterocycles. The molecule has 16 heavy (non-hydrogen) atoms. The molecule has 0 nitrogen and oxygen atoms in total. The number of benzene rings is 1. The number of halogens is 1. The maximum atomic E-state index is 6.57. The van der Waals surface area contributed by atoms with Gasteiger partial charge in [0, 0.05) is 5.38 Å². The first-order chi connectivity index (χ1) is 7.66. The maximum Gasteiger partial charge on any atom is 0.0407 e. The van der Waals surface area contributed by atoms with Gasteiger partial charge in [-0.2, -0.15) is 0 Å². The first-order valence-electron chi connectivity index (χ1n) is 6.36. The molecular weight excluding hydrogens is 216 g/mol. The quantitative estimate of drug-likeness (QED) is 0.674. The Morgan fingerprint density at radius 1 is 1.38 bits per heavy atom. The minimum absolute atomic E-state index is 0.319. The maximum absolute atomic E-state index is 6.57. The van der Waals surface area contributed by atoms with Crippen LogP contribution >= 0.6 is 11.6 Å². The van der Waals surface area contributed by atoms with Crippen molar-refractivity contribution < 1.29 is 0 Å². The van der Waals surface area contributed by atoms with Crippen LogP contribution in [0.25, 0.3) is 0 Å². The molecule has 0 bridgehead atoms. The second-order valence-electron chi connectivity index (χ2n) is 5.28. The van der Waals surface area contributed by atoms with E-state index in [4.69, 9.17) is 11.6 Å². The van der Waals surface area contributed by atoms with Gasteiger partial charge >= 0.3 is 0 Å². The molecule has 0 saturated heterocycles. The van der Waals surface area contributed by atoms with Crippen molar-refractivity contribution in [3.8, 4) is 0 Å². The van der Waals surface area contributed by atoms with Crippen molar-refractivity contribution in [1.82, 2.24) is 0 Å². The van der Waals surface area contributed by atoms with Gasteiger partial charge in [-0.25, -0.2) is 0 Å². The minimum atomic E-state index is 0.319. The second kappa shape index (κ2) is 5.23. The molecule has 1 fully saturated rings. The summed E-state index contributed by atoms with van der Waals surface area (Å²) in [6, 6.07) is 8.73. The fraction of sp³-hybridized carbons (Fsp3) is 0.600. The van der Waals surface area contributed by atoms with E-state index in [1.807, 2.05) is 0 Å². The molecule has 0 amide bonds. The molecule has 0 N–H and O–H groups in total. The van der Waals surface area contributed by atoms with E-state index in [2.05, 4.69) is 38.1 Å². The van der Waals surface area contributed by atoms with Crippen molar-refractivity contribution in [1.29, 1.82) is 0 Å². The van der Waals surface area contributed by atoms with E-state index in [-0.39, 0.29) is 0 Å². The van der Waals surface area contributed by atoms with Gasteiger partial charge in [-0.3, -0.25) is 0 Å². The summed E-state index contributed by atoms with van der Waals surface area (Å²) >= 11 is 6.57. The fourth-order valence-electron chi connectivity index (χ4n) is 2.93. The Balaban J connectivity index is 1.99. The molecule has 1 heteroatoms. The monoisotopic (exact) mass is 236 g/mol. The average molecular weight is 237 g/mol. The van der Waals surface area contributed by atoms with Gasteiger partial charge in [0.25, 0.3) is 0 Å². The number of rotatable bonds is 3. The summed E-state index contributed by atoms with van der Waals surface area (Å²) in [7, 11) is 0. The highest BCUT2D eigenvalue weighted by molar-refractivity contribution is 6.21. The fourth-order valence-corrected chi connectivity index (χ4v) is 3.48. The van der Waals surface area contributed by atoms with Crippen molar-refractivity contribution >= 4 is 11.6 Å². The lowest BCUT2D eigenvalue weighted by atomic mass is 9.90. The Hall–Kier alpha value is -0.490. The summed E-state index contributed by atoms with van der Waals surface area (Å²) in [6.07, 6.45) is 5.07. The first kappa shape index (κ1) is 12.0. The molecule has 0 aliphatic heterocycles. The Labute approximate surface area is 104 Å². The Morgan fingerprint density at radius 3 is 2.81 bits per heavy atom. The zero-order valence-corrected chi connectivity index (χ0v) is 11.0. The lowest BCUT2D eigenvalue weighted by Crippen LogP contribution is -2.19. The van der Waals surface area contributed by atoms with Crippen LogP contribution in [0.1, 0.15) is 37.3 Å². The molecule has 0 spiro atoms. The van der Waals surface area contributed by atoms with Gasteiger partial charge < -0.3 is 0 Å². The summed E-state index contributed by atoms with van der Waals surface area (Å²) in [5.41, 5.74) is 2.72. The molecular formula is C15H21Cl. The van der Waals surface area contributed by atoms with E-state index in [0.717, 1.165) is 18.3 Å². The Bertz CT molecular complexity index is 345. The highest BCUT2D eigenvalue weighted by Gasteiger charge is 2.29. The number of hydrogen-bond acceptors (Lipinski definition) is 0. The second-order valence-corrected chi connectivity index (χ2v) is 5.84. The van der Waals surface area contributed by atoms with Gasteiger partial charge in [-0.1, -0.05) is 49.6 Å². The lowest BCUT2D eigenvalue weighted by molar-refractivity contribution is 0.398. The zero-order chi connectivity index (χ0) is 11.5. The Morgan fingerprint density at radius 2 is 2.19 bits per heavy atom. The molecule has 2 rings (SSSR count). The van der Waals surface area contributed by atoms with Crippen LogP contribution in [0.5, 0.6) is 0 Å². The molecule has 1 aliphatic carbocycles. The van der Waals surface area contributed by atoms with Crippen LogP contribution in [0.15, 0.2) is 24.3 Å². The molecule has 0 radical (unpaired) electrons. The molecule has 0 heterocycles. The van der Waals surface area contributed by atoms with E-state index in [9.17, 15) is 0 Å².